The molecule has 0 atom stereocenters. The zero-order valence-electron chi connectivity index (χ0n) is 23.4. The molecule has 0 aromatic carbocycles. The number of nitrogens with zero attached hydrogens (tertiary/aromatic N) is 6. The van der Waals surface area contributed by atoms with E-state index in [0.29, 0.717) is 60.0 Å². The summed E-state index contributed by atoms with van der Waals surface area (Å²) in [6.07, 6.45) is 10.8. The minimum absolute atomic E-state index is 0.107. The van der Waals surface area contributed by atoms with Crippen LogP contribution in [0.25, 0.3) is 22.6 Å². The van der Waals surface area contributed by atoms with Crippen LogP contribution in [-0.2, 0) is 15.6 Å². The molecular formula is C29H33FN8O3S. The van der Waals surface area contributed by atoms with Crippen LogP contribution in [-0.4, -0.2) is 60.1 Å². The molecular weight excluding hydrogens is 559 g/mol. The molecule has 2 saturated carbocycles. The molecule has 11 nitrogen and oxygen atoms in total. The average molecular weight is 593 g/mol. The first-order valence-electron chi connectivity index (χ1n) is 14.1. The Morgan fingerprint density at radius 3 is 2.45 bits per heavy atom. The van der Waals surface area contributed by atoms with Gasteiger partial charge in [-0.25, -0.2) is 27.8 Å². The van der Waals surface area contributed by atoms with Crippen molar-refractivity contribution in [3.63, 3.8) is 0 Å². The molecule has 0 amide bonds. The Morgan fingerprint density at radius 1 is 0.976 bits per heavy atom. The number of halogens is 1. The Kier molecular flexibility index (Phi) is 7.39. The van der Waals surface area contributed by atoms with Gasteiger partial charge in [-0.1, -0.05) is 6.07 Å². The molecule has 0 bridgehead atoms. The van der Waals surface area contributed by atoms with Crippen LogP contribution < -0.4 is 10.6 Å². The number of aromatic nitrogens is 6. The third-order valence-electron chi connectivity index (χ3n) is 7.60. The molecule has 0 saturated heterocycles. The number of hydrogen-bond donors (Lipinski definition) is 3. The third-order valence-corrected chi connectivity index (χ3v) is 9.64. The summed E-state index contributed by atoms with van der Waals surface area (Å²) in [5, 5.41) is 20.8. The van der Waals surface area contributed by atoms with Gasteiger partial charge in [0.1, 0.15) is 17.8 Å². The van der Waals surface area contributed by atoms with Crippen LogP contribution in [0.4, 0.5) is 21.7 Å². The van der Waals surface area contributed by atoms with Crippen LogP contribution >= 0.6 is 0 Å². The summed E-state index contributed by atoms with van der Waals surface area (Å²) in [4.78, 5) is 18.0. The summed E-state index contributed by atoms with van der Waals surface area (Å²) in [6.45, 7) is 3.42. The van der Waals surface area contributed by atoms with Gasteiger partial charge in [0.15, 0.2) is 5.82 Å². The van der Waals surface area contributed by atoms with Gasteiger partial charge in [0.05, 0.1) is 34.5 Å². The van der Waals surface area contributed by atoms with E-state index in [1.165, 1.54) is 12.4 Å². The molecule has 2 aliphatic rings. The molecule has 2 aliphatic carbocycles. The lowest BCUT2D eigenvalue weighted by molar-refractivity contribution is 0.0782. The number of hydrogen-bond acceptors (Lipinski definition) is 10. The maximum absolute atomic E-state index is 13.8. The first-order valence-corrected chi connectivity index (χ1v) is 15.6. The quantitative estimate of drug-likeness (QED) is 0.247. The second kappa shape index (κ2) is 11.0. The summed E-state index contributed by atoms with van der Waals surface area (Å²) in [5.41, 5.74) is 2.42. The molecule has 4 heterocycles. The highest BCUT2D eigenvalue weighted by Crippen LogP contribution is 2.34. The Balaban J connectivity index is 1.27. The highest BCUT2D eigenvalue weighted by molar-refractivity contribution is 7.90. The molecule has 4 aromatic heterocycles. The Morgan fingerprint density at radius 2 is 1.76 bits per heavy atom. The van der Waals surface area contributed by atoms with Gasteiger partial charge in [0.25, 0.3) is 10.0 Å². The first-order chi connectivity index (χ1) is 20.1. The van der Waals surface area contributed by atoms with E-state index in [4.69, 9.17) is 0 Å². The lowest BCUT2D eigenvalue weighted by Crippen LogP contribution is -2.27. The van der Waals surface area contributed by atoms with Crippen LogP contribution in [0.5, 0.6) is 0 Å². The van der Waals surface area contributed by atoms with E-state index in [1.54, 1.807) is 38.5 Å². The molecule has 42 heavy (non-hydrogen) atoms. The SMILES string of the molecule is CC(C)(O)c1ccc(-c2cnc(Nc3ccnc(-c4cnn(S(=O)(=O)C5CC5)c4)n3)cc2NC2CCC(F)CC2)nc1. The summed E-state index contributed by atoms with van der Waals surface area (Å²) >= 11 is 0. The molecule has 13 heteroatoms. The van der Waals surface area contributed by atoms with Gasteiger partial charge in [-0.05, 0) is 64.5 Å². The molecule has 0 aliphatic heterocycles. The number of aliphatic hydroxyl groups is 1. The largest absolute Gasteiger partial charge is 0.386 e. The van der Waals surface area contributed by atoms with Crippen LogP contribution in [0.3, 0.4) is 0 Å². The van der Waals surface area contributed by atoms with E-state index in [2.05, 4.69) is 35.7 Å². The van der Waals surface area contributed by atoms with Gasteiger partial charge < -0.3 is 15.7 Å². The number of pyridine rings is 2. The molecule has 4 aromatic rings. The zero-order chi connectivity index (χ0) is 29.5. The highest BCUT2D eigenvalue weighted by atomic mass is 32.2. The molecule has 2 fully saturated rings. The molecule has 0 unspecified atom stereocenters. The Hall–Kier alpha value is -3.97. The van der Waals surface area contributed by atoms with Crippen LogP contribution in [0.1, 0.15) is 57.9 Å². The molecule has 220 valence electrons. The first kappa shape index (κ1) is 28.2. The minimum Gasteiger partial charge on any atom is -0.386 e. The lowest BCUT2D eigenvalue weighted by atomic mass is 9.93. The molecule has 6 rings (SSSR count). The fourth-order valence-corrected chi connectivity index (χ4v) is 6.43. The third kappa shape index (κ3) is 6.12. The van der Waals surface area contributed by atoms with Crippen molar-refractivity contribution in [1.29, 1.82) is 0 Å². The van der Waals surface area contributed by atoms with Crippen molar-refractivity contribution in [1.82, 2.24) is 29.1 Å². The van der Waals surface area contributed by atoms with E-state index >= 15 is 0 Å². The second-order valence-electron chi connectivity index (χ2n) is 11.4. The topological polar surface area (TPSA) is 148 Å². The molecule has 3 N–H and O–H groups in total. The minimum atomic E-state index is -3.49. The van der Waals surface area contributed by atoms with E-state index in [0.717, 1.165) is 28.2 Å². The highest BCUT2D eigenvalue weighted by Gasteiger charge is 2.37. The second-order valence-corrected chi connectivity index (χ2v) is 13.5. The van der Waals surface area contributed by atoms with Gasteiger partial charge in [0.2, 0.25) is 0 Å². The van der Waals surface area contributed by atoms with Gasteiger partial charge in [-0.15, -0.1) is 0 Å². The monoisotopic (exact) mass is 592 g/mol. The van der Waals surface area contributed by atoms with Crippen LogP contribution in [0, 0.1) is 0 Å². The summed E-state index contributed by atoms with van der Waals surface area (Å²) in [7, 11) is -3.49. The number of alkyl halides is 1. The lowest BCUT2D eigenvalue weighted by Gasteiger charge is -2.27. The number of nitrogens with one attached hydrogen (secondary N) is 2. The van der Waals surface area contributed by atoms with Crippen molar-refractivity contribution in [2.75, 3.05) is 10.6 Å². The van der Waals surface area contributed by atoms with Crippen molar-refractivity contribution in [2.24, 2.45) is 0 Å². The molecule has 0 radical (unpaired) electrons. The number of rotatable bonds is 9. The maximum Gasteiger partial charge on any atom is 0.256 e. The van der Waals surface area contributed by atoms with E-state index in [1.807, 2.05) is 18.2 Å². The standard InChI is InChI=1S/C29H33FN8O3S/c1-29(2,39)19-3-10-24(32-15-19)23-16-33-27(13-25(23)35-21-6-4-20(30)5-7-21)36-26-11-12-31-28(37-26)18-14-34-38(17-18)42(40,41)22-8-9-22/h3,10-17,20-22,39H,4-9H2,1-2H3,(H2,31,33,35,36,37). The summed E-state index contributed by atoms with van der Waals surface area (Å²) in [6, 6.07) is 7.35. The van der Waals surface area contributed by atoms with Gasteiger partial charge >= 0.3 is 0 Å². The van der Waals surface area contributed by atoms with Gasteiger partial charge in [-0.3, -0.25) is 4.98 Å². The van der Waals surface area contributed by atoms with Crippen molar-refractivity contribution in [2.45, 2.75) is 75.4 Å². The van der Waals surface area contributed by atoms with Gasteiger partial charge in [-0.2, -0.15) is 9.19 Å². The zero-order valence-corrected chi connectivity index (χ0v) is 24.2. The predicted octanol–water partition coefficient (Wildman–Crippen LogP) is 4.80. The van der Waals surface area contributed by atoms with Crippen molar-refractivity contribution >= 4 is 27.3 Å². The van der Waals surface area contributed by atoms with Crippen LogP contribution in [0.15, 0.2) is 55.2 Å². The normalized spacial score (nSPS) is 19.4. The van der Waals surface area contributed by atoms with Crippen molar-refractivity contribution in [3.8, 4) is 22.6 Å². The fraction of sp³-hybridized carbons (Fsp3) is 0.414. The molecule has 0 spiro atoms. The smallest absolute Gasteiger partial charge is 0.256 e. The van der Waals surface area contributed by atoms with Crippen LogP contribution in [0.2, 0.25) is 0 Å². The average Bonchev–Trinajstić information content (AvgIpc) is 3.71. The van der Waals surface area contributed by atoms with E-state index in [9.17, 15) is 17.9 Å². The summed E-state index contributed by atoms with van der Waals surface area (Å²) < 4.78 is 39.9. The van der Waals surface area contributed by atoms with E-state index < -0.39 is 21.8 Å². The Labute approximate surface area is 243 Å². The van der Waals surface area contributed by atoms with Crippen molar-refractivity contribution in [3.05, 3.63) is 60.8 Å². The van der Waals surface area contributed by atoms with Gasteiger partial charge in [0, 0.05) is 47.5 Å². The number of anilines is 3. The fourth-order valence-electron chi connectivity index (χ4n) is 4.96. The Bertz CT molecular complexity index is 1680. The maximum atomic E-state index is 13.8. The van der Waals surface area contributed by atoms with Crippen molar-refractivity contribution < 1.29 is 17.9 Å². The summed E-state index contributed by atoms with van der Waals surface area (Å²) in [5.74, 6) is 1.31. The van der Waals surface area contributed by atoms with E-state index in [-0.39, 0.29) is 11.3 Å². The predicted molar refractivity (Wildman–Crippen MR) is 157 cm³/mol.